The topological polar surface area (TPSA) is 12.5 Å². The third kappa shape index (κ3) is 3.55. The summed E-state index contributed by atoms with van der Waals surface area (Å²) in [6.07, 6.45) is 0. The highest BCUT2D eigenvalue weighted by Gasteiger charge is 2.15. The Morgan fingerprint density at radius 1 is 1.29 bits per heavy atom. The van der Waals surface area contributed by atoms with Crippen molar-refractivity contribution < 1.29 is 7.48 Å². The Morgan fingerprint density at radius 3 is 2.65 bits per heavy atom. The van der Waals surface area contributed by atoms with Gasteiger partial charge in [0.2, 0.25) is 0 Å². The van der Waals surface area contributed by atoms with Crippen molar-refractivity contribution in [1.29, 1.82) is 0 Å². The molecule has 0 atom stereocenters. The van der Waals surface area contributed by atoms with E-state index in [1.807, 2.05) is 23.1 Å². The van der Waals surface area contributed by atoms with Gasteiger partial charge in [0.1, 0.15) is 0 Å². The van der Waals surface area contributed by atoms with Crippen molar-refractivity contribution in [2.45, 2.75) is 32.7 Å². The highest BCUT2D eigenvalue weighted by atomic mass is 16.5. The van der Waals surface area contributed by atoms with Gasteiger partial charge in [-0.15, -0.1) is 0 Å². The molecule has 0 aliphatic carbocycles. The van der Waals surface area contributed by atoms with Crippen LogP contribution in [0, 0.1) is 0 Å². The first-order valence-corrected chi connectivity index (χ1v) is 6.25. The smallest absolute Gasteiger partial charge is 0.0594 e. The van der Waals surface area contributed by atoms with Crippen LogP contribution in [0.25, 0.3) is 0 Å². The van der Waals surface area contributed by atoms with Gasteiger partial charge >= 0.3 is 0 Å². The van der Waals surface area contributed by atoms with E-state index in [9.17, 15) is 0 Å². The minimum Gasteiger partial charge on any atom is -0.379 e. The highest BCUT2D eigenvalue weighted by molar-refractivity contribution is 5.28. The van der Waals surface area contributed by atoms with Gasteiger partial charge in [0.05, 0.1) is 13.2 Å². The number of hydrogen-bond acceptors (Lipinski definition) is 2. The summed E-state index contributed by atoms with van der Waals surface area (Å²) >= 11 is 0. The number of benzene rings is 1. The lowest BCUT2D eigenvalue weighted by Gasteiger charge is -2.27. The SMILES string of the molecule is [2H]C([2H])(c1cccc(C(C)(C)C)c1)N1CCOCC1. The summed E-state index contributed by atoms with van der Waals surface area (Å²) in [5.41, 5.74) is 1.95. The maximum atomic E-state index is 8.40. The van der Waals surface area contributed by atoms with Gasteiger partial charge in [-0.3, -0.25) is 4.90 Å². The molecule has 0 unspecified atom stereocenters. The van der Waals surface area contributed by atoms with Gasteiger partial charge in [0, 0.05) is 22.3 Å². The van der Waals surface area contributed by atoms with Gasteiger partial charge < -0.3 is 4.74 Å². The second-order valence-electron chi connectivity index (χ2n) is 5.54. The molecule has 2 rings (SSSR count). The van der Waals surface area contributed by atoms with Gasteiger partial charge in [0.25, 0.3) is 0 Å². The lowest BCUT2D eigenvalue weighted by molar-refractivity contribution is 0.0342. The largest absolute Gasteiger partial charge is 0.379 e. The quantitative estimate of drug-likeness (QED) is 0.781. The molecule has 0 spiro atoms. The van der Waals surface area contributed by atoms with Crippen LogP contribution in [0.4, 0.5) is 0 Å². The molecule has 94 valence electrons. The van der Waals surface area contributed by atoms with E-state index in [0.29, 0.717) is 26.3 Å². The van der Waals surface area contributed by atoms with Crippen LogP contribution in [0.3, 0.4) is 0 Å². The van der Waals surface area contributed by atoms with Crippen LogP contribution in [0.2, 0.25) is 0 Å². The Labute approximate surface area is 107 Å². The molecule has 2 heteroatoms. The first-order valence-electron chi connectivity index (χ1n) is 7.25. The van der Waals surface area contributed by atoms with Crippen LogP contribution < -0.4 is 0 Å². The molecule has 1 heterocycles. The summed E-state index contributed by atoms with van der Waals surface area (Å²) in [6.45, 7) is 7.53. The van der Waals surface area contributed by atoms with E-state index >= 15 is 0 Å². The molecule has 0 amide bonds. The zero-order chi connectivity index (χ0) is 14.1. The van der Waals surface area contributed by atoms with E-state index in [4.69, 9.17) is 7.48 Å². The zero-order valence-electron chi connectivity index (χ0n) is 13.0. The van der Waals surface area contributed by atoms with Crippen molar-refractivity contribution in [2.24, 2.45) is 0 Å². The first-order chi connectivity index (χ1) is 8.82. The van der Waals surface area contributed by atoms with E-state index in [1.54, 1.807) is 0 Å². The van der Waals surface area contributed by atoms with Gasteiger partial charge in [0.15, 0.2) is 0 Å². The summed E-state index contributed by atoms with van der Waals surface area (Å²) in [5, 5.41) is 0. The van der Waals surface area contributed by atoms with Crippen molar-refractivity contribution in [3.8, 4) is 0 Å². The average molecular weight is 235 g/mol. The number of ether oxygens (including phenoxy) is 1. The van der Waals surface area contributed by atoms with Crippen molar-refractivity contribution in [3.05, 3.63) is 35.4 Å². The first kappa shape index (κ1) is 10.1. The Kier molecular flexibility index (Phi) is 3.09. The van der Waals surface area contributed by atoms with Crippen LogP contribution in [0.5, 0.6) is 0 Å². The van der Waals surface area contributed by atoms with Gasteiger partial charge in [-0.25, -0.2) is 0 Å². The highest BCUT2D eigenvalue weighted by Crippen LogP contribution is 2.23. The number of hydrogen-bond donors (Lipinski definition) is 0. The summed E-state index contributed by atoms with van der Waals surface area (Å²) < 4.78 is 22.1. The Balaban J connectivity index is 2.29. The normalized spacial score (nSPS) is 20.9. The Morgan fingerprint density at radius 2 is 2.00 bits per heavy atom. The lowest BCUT2D eigenvalue weighted by atomic mass is 9.86. The molecule has 1 aliphatic rings. The van der Waals surface area contributed by atoms with Crippen LogP contribution in [-0.4, -0.2) is 31.2 Å². The standard InChI is InChI=1S/C15H23NO/c1-15(2,3)14-6-4-5-13(11-14)12-16-7-9-17-10-8-16/h4-6,11H,7-10,12H2,1-3H3/i12D2. The second kappa shape index (κ2) is 5.19. The fourth-order valence-corrected chi connectivity index (χ4v) is 1.91. The maximum Gasteiger partial charge on any atom is 0.0594 e. The Hall–Kier alpha value is -0.860. The minimum absolute atomic E-state index is 0.0388. The molecule has 0 radical (unpaired) electrons. The summed E-state index contributed by atoms with van der Waals surface area (Å²) in [6, 6.07) is 7.90. The average Bonchev–Trinajstić information content (AvgIpc) is 2.39. The number of morpholine rings is 1. The molecule has 1 aliphatic heterocycles. The molecule has 2 nitrogen and oxygen atoms in total. The van der Waals surface area contributed by atoms with Crippen LogP contribution in [0.1, 0.15) is 34.6 Å². The molecule has 1 fully saturated rings. The maximum absolute atomic E-state index is 8.40. The predicted octanol–water partition coefficient (Wildman–Crippen LogP) is 2.82. The Bertz CT molecular complexity index is 434. The third-order valence-corrected chi connectivity index (χ3v) is 3.03. The summed E-state index contributed by atoms with van der Waals surface area (Å²) in [5.74, 6) is 0. The molecular formula is C15H23NO. The molecular weight excluding hydrogens is 210 g/mol. The molecule has 1 aromatic rings. The zero-order valence-corrected chi connectivity index (χ0v) is 11.0. The summed E-state index contributed by atoms with van der Waals surface area (Å²) in [7, 11) is 0. The molecule has 17 heavy (non-hydrogen) atoms. The monoisotopic (exact) mass is 235 g/mol. The van der Waals surface area contributed by atoms with Gasteiger partial charge in [-0.1, -0.05) is 45.0 Å². The van der Waals surface area contributed by atoms with Crippen molar-refractivity contribution >= 4 is 0 Å². The van der Waals surface area contributed by atoms with E-state index in [0.717, 1.165) is 5.56 Å². The van der Waals surface area contributed by atoms with E-state index in [-0.39, 0.29) is 5.41 Å². The van der Waals surface area contributed by atoms with Crippen LogP contribution in [-0.2, 0) is 16.6 Å². The fourth-order valence-electron chi connectivity index (χ4n) is 1.91. The van der Waals surface area contributed by atoms with Crippen molar-refractivity contribution in [2.75, 3.05) is 26.3 Å². The molecule has 1 aromatic carbocycles. The minimum atomic E-state index is -1.43. The molecule has 0 N–H and O–H groups in total. The van der Waals surface area contributed by atoms with E-state index in [1.165, 1.54) is 5.56 Å². The van der Waals surface area contributed by atoms with Crippen LogP contribution >= 0.6 is 0 Å². The van der Waals surface area contributed by atoms with E-state index < -0.39 is 6.50 Å². The van der Waals surface area contributed by atoms with Crippen molar-refractivity contribution in [1.82, 2.24) is 4.90 Å². The molecule has 0 bridgehead atoms. The lowest BCUT2D eigenvalue weighted by Crippen LogP contribution is -2.35. The predicted molar refractivity (Wildman–Crippen MR) is 71.2 cm³/mol. The molecule has 0 saturated carbocycles. The number of nitrogens with zero attached hydrogens (tertiary/aromatic N) is 1. The molecule has 1 saturated heterocycles. The third-order valence-electron chi connectivity index (χ3n) is 3.03. The fraction of sp³-hybridized carbons (Fsp3) is 0.600. The molecule has 0 aromatic heterocycles. The summed E-state index contributed by atoms with van der Waals surface area (Å²) in [4.78, 5) is 1.86. The number of rotatable bonds is 2. The van der Waals surface area contributed by atoms with Gasteiger partial charge in [-0.2, -0.15) is 0 Å². The second-order valence-corrected chi connectivity index (χ2v) is 5.54. The van der Waals surface area contributed by atoms with Gasteiger partial charge in [-0.05, 0) is 16.5 Å². The van der Waals surface area contributed by atoms with Crippen molar-refractivity contribution in [3.63, 3.8) is 0 Å². The van der Waals surface area contributed by atoms with E-state index in [2.05, 4.69) is 26.8 Å². The van der Waals surface area contributed by atoms with Crippen LogP contribution in [0.15, 0.2) is 24.3 Å².